The van der Waals surface area contributed by atoms with Gasteiger partial charge < -0.3 is 9.64 Å². The average Bonchev–Trinajstić information content (AvgIpc) is 2.97. The molecule has 0 saturated carbocycles. The largest absolute Gasteiger partial charge is 0.464 e. The zero-order chi connectivity index (χ0) is 14.8. The van der Waals surface area contributed by atoms with Gasteiger partial charge in [0.15, 0.2) is 0 Å². The number of carbonyl (C=O) groups is 1. The monoisotopic (exact) mass is 289 g/mol. The van der Waals surface area contributed by atoms with E-state index >= 15 is 0 Å². The Labute approximate surface area is 121 Å². The molecule has 2 heterocycles. The molecule has 0 spiro atoms. The summed E-state index contributed by atoms with van der Waals surface area (Å²) in [5, 5.41) is 0.619. The number of benzene rings is 1. The van der Waals surface area contributed by atoms with Crippen molar-refractivity contribution in [3.8, 4) is 0 Å². The van der Waals surface area contributed by atoms with Gasteiger partial charge in [-0.1, -0.05) is 6.07 Å². The Morgan fingerprint density at radius 2 is 2.33 bits per heavy atom. The maximum atomic E-state index is 13.8. The van der Waals surface area contributed by atoms with E-state index in [-0.39, 0.29) is 23.3 Å². The number of rotatable bonds is 3. The third kappa shape index (κ3) is 2.41. The molecule has 21 heavy (non-hydrogen) atoms. The van der Waals surface area contributed by atoms with Gasteiger partial charge in [0, 0.05) is 11.9 Å². The molecule has 1 aromatic carbocycles. The molecule has 110 valence electrons. The van der Waals surface area contributed by atoms with Crippen LogP contribution in [0.3, 0.4) is 0 Å². The zero-order valence-electron chi connectivity index (χ0n) is 11.8. The molecule has 1 aliphatic heterocycles. The average molecular weight is 289 g/mol. The highest BCUT2D eigenvalue weighted by molar-refractivity contribution is 5.92. The minimum Gasteiger partial charge on any atom is -0.464 e. The Hall–Kier alpha value is -2.24. The van der Waals surface area contributed by atoms with Crippen LogP contribution < -0.4 is 4.90 Å². The van der Waals surface area contributed by atoms with Crippen LogP contribution >= 0.6 is 0 Å². The van der Waals surface area contributed by atoms with Gasteiger partial charge in [0.05, 0.1) is 6.61 Å². The smallest absolute Gasteiger partial charge is 0.328 e. The zero-order valence-corrected chi connectivity index (χ0v) is 11.8. The summed E-state index contributed by atoms with van der Waals surface area (Å²) < 4.78 is 18.9. The van der Waals surface area contributed by atoms with Crippen LogP contribution in [0.2, 0.25) is 0 Å². The van der Waals surface area contributed by atoms with Crippen molar-refractivity contribution in [2.45, 2.75) is 25.8 Å². The maximum Gasteiger partial charge on any atom is 0.328 e. The number of fused-ring (bicyclic) bond motifs is 1. The van der Waals surface area contributed by atoms with Crippen LogP contribution in [-0.4, -0.2) is 35.1 Å². The minimum atomic E-state index is -0.386. The van der Waals surface area contributed by atoms with Crippen molar-refractivity contribution < 1.29 is 13.9 Å². The lowest BCUT2D eigenvalue weighted by Crippen LogP contribution is -2.38. The van der Waals surface area contributed by atoms with E-state index in [1.54, 1.807) is 19.1 Å². The van der Waals surface area contributed by atoms with Crippen LogP contribution in [-0.2, 0) is 9.53 Å². The summed E-state index contributed by atoms with van der Waals surface area (Å²) in [6.45, 7) is 2.83. The molecule has 5 nitrogen and oxygen atoms in total. The molecular weight excluding hydrogens is 273 g/mol. The van der Waals surface area contributed by atoms with Gasteiger partial charge in [-0.15, -0.1) is 0 Å². The van der Waals surface area contributed by atoms with E-state index in [0.717, 1.165) is 12.8 Å². The van der Waals surface area contributed by atoms with E-state index in [9.17, 15) is 9.18 Å². The first-order valence-electron chi connectivity index (χ1n) is 7.05. The third-order valence-electron chi connectivity index (χ3n) is 3.68. The first-order chi connectivity index (χ1) is 10.2. The number of hydrogen-bond donors (Lipinski definition) is 0. The normalized spacial score (nSPS) is 18.2. The molecule has 1 atom stereocenters. The Morgan fingerprint density at radius 3 is 3.14 bits per heavy atom. The predicted molar refractivity (Wildman–Crippen MR) is 76.5 cm³/mol. The second-order valence-corrected chi connectivity index (χ2v) is 4.94. The maximum absolute atomic E-state index is 13.8. The molecule has 1 fully saturated rings. The minimum absolute atomic E-state index is 0.252. The first-order valence-corrected chi connectivity index (χ1v) is 7.05. The van der Waals surface area contributed by atoms with E-state index < -0.39 is 0 Å². The summed E-state index contributed by atoms with van der Waals surface area (Å²) >= 11 is 0. The summed E-state index contributed by atoms with van der Waals surface area (Å²) in [5.41, 5.74) is 0.275. The highest BCUT2D eigenvalue weighted by Crippen LogP contribution is 2.30. The summed E-state index contributed by atoms with van der Waals surface area (Å²) in [4.78, 5) is 22.2. The molecule has 0 bridgehead atoms. The Bertz CT molecular complexity index is 677. The molecule has 1 saturated heterocycles. The van der Waals surface area contributed by atoms with Crippen molar-refractivity contribution in [2.24, 2.45) is 0 Å². The van der Waals surface area contributed by atoms with E-state index in [1.165, 1.54) is 12.4 Å². The fourth-order valence-corrected chi connectivity index (χ4v) is 2.77. The van der Waals surface area contributed by atoms with E-state index in [4.69, 9.17) is 4.74 Å². The Balaban J connectivity index is 2.03. The van der Waals surface area contributed by atoms with E-state index in [2.05, 4.69) is 9.97 Å². The molecule has 0 amide bonds. The fourth-order valence-electron chi connectivity index (χ4n) is 2.77. The molecule has 0 aliphatic carbocycles. The molecule has 1 unspecified atom stereocenters. The molecule has 1 aliphatic rings. The van der Waals surface area contributed by atoms with Gasteiger partial charge in [-0.2, -0.15) is 0 Å². The van der Waals surface area contributed by atoms with Crippen LogP contribution in [0, 0.1) is 5.82 Å². The fraction of sp³-hybridized carbons (Fsp3) is 0.400. The lowest BCUT2D eigenvalue weighted by Gasteiger charge is -2.25. The summed E-state index contributed by atoms with van der Waals surface area (Å²) in [7, 11) is 0. The number of anilines is 1. The number of aromatic nitrogens is 2. The van der Waals surface area contributed by atoms with Crippen LogP contribution in [0.15, 0.2) is 24.5 Å². The number of nitrogens with zero attached hydrogens (tertiary/aromatic N) is 3. The number of esters is 1. The van der Waals surface area contributed by atoms with Crippen molar-refractivity contribution in [2.75, 3.05) is 18.1 Å². The summed E-state index contributed by atoms with van der Waals surface area (Å²) in [6, 6.07) is 4.41. The van der Waals surface area contributed by atoms with Gasteiger partial charge in [-0.3, -0.25) is 0 Å². The molecule has 0 N–H and O–H groups in total. The molecule has 6 heteroatoms. The van der Waals surface area contributed by atoms with E-state index in [1.807, 2.05) is 4.90 Å². The molecule has 0 radical (unpaired) electrons. The molecule has 3 rings (SSSR count). The lowest BCUT2D eigenvalue weighted by molar-refractivity contribution is -0.144. The summed E-state index contributed by atoms with van der Waals surface area (Å²) in [6.07, 6.45) is 2.94. The van der Waals surface area contributed by atoms with E-state index in [0.29, 0.717) is 24.4 Å². The SMILES string of the molecule is CCOC(=O)C1CCCN1c1ncnc2c(F)cccc12. The van der Waals surface area contributed by atoms with Crippen molar-refractivity contribution >= 4 is 22.7 Å². The second-order valence-electron chi connectivity index (χ2n) is 4.94. The quantitative estimate of drug-likeness (QED) is 0.812. The number of halogens is 1. The van der Waals surface area contributed by atoms with Crippen LogP contribution in [0.1, 0.15) is 19.8 Å². The second kappa shape index (κ2) is 5.63. The number of hydrogen-bond acceptors (Lipinski definition) is 5. The van der Waals surface area contributed by atoms with Gasteiger partial charge in [0.2, 0.25) is 0 Å². The molecule has 2 aromatic rings. The van der Waals surface area contributed by atoms with Crippen LogP contribution in [0.25, 0.3) is 10.9 Å². The van der Waals surface area contributed by atoms with Crippen molar-refractivity contribution in [3.63, 3.8) is 0 Å². The van der Waals surface area contributed by atoms with Gasteiger partial charge in [-0.05, 0) is 31.9 Å². The molecule has 1 aromatic heterocycles. The third-order valence-corrected chi connectivity index (χ3v) is 3.68. The standard InChI is InChI=1S/C15H16FN3O2/c1-2-21-15(20)12-7-4-8-19(12)14-10-5-3-6-11(16)13(10)17-9-18-14/h3,5-6,9,12H,2,4,7-8H2,1H3. The van der Waals surface area contributed by atoms with Crippen molar-refractivity contribution in [1.29, 1.82) is 0 Å². The van der Waals surface area contributed by atoms with Gasteiger partial charge in [0.25, 0.3) is 0 Å². The Morgan fingerprint density at radius 1 is 1.48 bits per heavy atom. The molecular formula is C15H16FN3O2. The van der Waals surface area contributed by atoms with Crippen LogP contribution in [0.5, 0.6) is 0 Å². The Kier molecular flexibility index (Phi) is 3.68. The van der Waals surface area contributed by atoms with Gasteiger partial charge in [0.1, 0.15) is 29.5 Å². The van der Waals surface area contributed by atoms with Crippen LogP contribution in [0.4, 0.5) is 10.2 Å². The predicted octanol–water partition coefficient (Wildman–Crippen LogP) is 2.30. The number of ether oxygens (including phenoxy) is 1. The van der Waals surface area contributed by atoms with Crippen molar-refractivity contribution in [1.82, 2.24) is 9.97 Å². The summed E-state index contributed by atoms with van der Waals surface area (Å²) in [5.74, 6) is -0.0451. The number of para-hydroxylation sites is 1. The van der Waals surface area contributed by atoms with Crippen molar-refractivity contribution in [3.05, 3.63) is 30.3 Å². The lowest BCUT2D eigenvalue weighted by atomic mass is 10.2. The van der Waals surface area contributed by atoms with Gasteiger partial charge >= 0.3 is 5.97 Å². The first kappa shape index (κ1) is 13.7. The highest BCUT2D eigenvalue weighted by atomic mass is 19.1. The highest BCUT2D eigenvalue weighted by Gasteiger charge is 2.33. The van der Waals surface area contributed by atoms with Gasteiger partial charge in [-0.25, -0.2) is 19.2 Å². The number of carbonyl (C=O) groups excluding carboxylic acids is 1. The topological polar surface area (TPSA) is 55.3 Å².